The maximum absolute atomic E-state index is 5.90. The fourth-order valence-corrected chi connectivity index (χ4v) is 2.00. The summed E-state index contributed by atoms with van der Waals surface area (Å²) in [4.78, 5) is 4.06. The van der Waals surface area contributed by atoms with Gasteiger partial charge in [0.15, 0.2) is 11.5 Å². The number of fused-ring (bicyclic) bond motifs is 1. The number of ether oxygens (including phenoxy) is 2. The monoisotopic (exact) mass is 279 g/mol. The zero-order valence-corrected chi connectivity index (χ0v) is 10.9. The molecule has 0 atom stereocenters. The van der Waals surface area contributed by atoms with E-state index in [9.17, 15) is 0 Å². The van der Waals surface area contributed by atoms with Crippen molar-refractivity contribution in [3.05, 3.63) is 30.3 Å². The molecule has 0 spiro atoms. The van der Waals surface area contributed by atoms with E-state index in [0.717, 1.165) is 16.9 Å². The van der Waals surface area contributed by atoms with Crippen LogP contribution in [0.2, 0.25) is 0 Å². The lowest BCUT2D eigenvalue weighted by atomic mass is 10.0. The number of para-hydroxylation sites is 1. The first kappa shape index (κ1) is 13.3. The minimum atomic E-state index is 0. The van der Waals surface area contributed by atoms with E-state index in [2.05, 4.69) is 4.98 Å². The van der Waals surface area contributed by atoms with Gasteiger partial charge in [-0.15, -0.1) is 12.4 Å². The first-order valence-corrected chi connectivity index (χ1v) is 5.66. The van der Waals surface area contributed by atoms with Crippen LogP contribution in [0.4, 0.5) is 11.6 Å². The maximum Gasteiger partial charge on any atom is 0.169 e. The molecule has 100 valence electrons. The van der Waals surface area contributed by atoms with Crippen molar-refractivity contribution in [2.75, 3.05) is 24.7 Å². The normalized spacial score (nSPS) is 12.6. The molecule has 0 amide bonds. The second-order valence-corrected chi connectivity index (χ2v) is 4.00. The van der Waals surface area contributed by atoms with Crippen molar-refractivity contribution >= 4 is 24.0 Å². The number of nitrogen functional groups attached to an aromatic ring is 2. The van der Waals surface area contributed by atoms with Crippen molar-refractivity contribution in [1.29, 1.82) is 0 Å². The summed E-state index contributed by atoms with van der Waals surface area (Å²) in [5.41, 5.74) is 13.2. The van der Waals surface area contributed by atoms with E-state index < -0.39 is 0 Å². The van der Waals surface area contributed by atoms with Crippen molar-refractivity contribution in [1.82, 2.24) is 4.98 Å². The minimum absolute atomic E-state index is 0. The van der Waals surface area contributed by atoms with E-state index in [1.165, 1.54) is 0 Å². The van der Waals surface area contributed by atoms with E-state index in [1.54, 1.807) is 6.07 Å². The minimum Gasteiger partial charge on any atom is -0.486 e. The Morgan fingerprint density at radius 3 is 2.53 bits per heavy atom. The van der Waals surface area contributed by atoms with Gasteiger partial charge in [-0.25, -0.2) is 4.98 Å². The molecule has 0 radical (unpaired) electrons. The second-order valence-electron chi connectivity index (χ2n) is 4.00. The molecule has 0 bridgehead atoms. The molecule has 6 heteroatoms. The zero-order valence-electron chi connectivity index (χ0n) is 10.1. The Kier molecular flexibility index (Phi) is 3.66. The average molecular weight is 280 g/mol. The predicted octanol–water partition coefficient (Wildman–Crippen LogP) is 2.11. The Balaban J connectivity index is 0.00000133. The molecule has 0 saturated carbocycles. The number of hydrogen-bond acceptors (Lipinski definition) is 5. The van der Waals surface area contributed by atoms with Crippen LogP contribution in [-0.4, -0.2) is 18.2 Å². The number of pyridine rings is 1. The molecule has 19 heavy (non-hydrogen) atoms. The van der Waals surface area contributed by atoms with Gasteiger partial charge in [0, 0.05) is 11.1 Å². The molecule has 2 heterocycles. The summed E-state index contributed by atoms with van der Waals surface area (Å²) in [6.07, 6.45) is 0. The Bertz CT molecular complexity index is 604. The number of anilines is 2. The molecule has 0 saturated heterocycles. The van der Waals surface area contributed by atoms with Crippen molar-refractivity contribution in [3.63, 3.8) is 0 Å². The van der Waals surface area contributed by atoms with E-state index >= 15 is 0 Å². The van der Waals surface area contributed by atoms with Crippen LogP contribution >= 0.6 is 12.4 Å². The highest BCUT2D eigenvalue weighted by Crippen LogP contribution is 2.41. The zero-order chi connectivity index (χ0) is 12.5. The third-order valence-electron chi connectivity index (χ3n) is 2.80. The van der Waals surface area contributed by atoms with Crippen LogP contribution in [0.25, 0.3) is 11.1 Å². The SMILES string of the molecule is Cl.Nc1ccc(-c2cccc3c2OCCO3)c(N)n1. The summed E-state index contributed by atoms with van der Waals surface area (Å²) in [7, 11) is 0. The summed E-state index contributed by atoms with van der Waals surface area (Å²) in [6.45, 7) is 1.10. The van der Waals surface area contributed by atoms with E-state index in [1.807, 2.05) is 24.3 Å². The predicted molar refractivity (Wildman–Crippen MR) is 76.7 cm³/mol. The number of rotatable bonds is 1. The van der Waals surface area contributed by atoms with E-state index in [0.29, 0.717) is 30.6 Å². The number of nitrogens with zero attached hydrogens (tertiary/aromatic N) is 1. The van der Waals surface area contributed by atoms with Crippen LogP contribution in [0, 0.1) is 0 Å². The fourth-order valence-electron chi connectivity index (χ4n) is 2.00. The number of nitrogens with two attached hydrogens (primary N) is 2. The molecule has 0 fully saturated rings. The van der Waals surface area contributed by atoms with Gasteiger partial charge in [0.25, 0.3) is 0 Å². The molecule has 1 aliphatic rings. The highest BCUT2D eigenvalue weighted by Gasteiger charge is 2.18. The van der Waals surface area contributed by atoms with Crippen LogP contribution in [0.5, 0.6) is 11.5 Å². The van der Waals surface area contributed by atoms with E-state index in [-0.39, 0.29) is 12.4 Å². The van der Waals surface area contributed by atoms with Gasteiger partial charge >= 0.3 is 0 Å². The van der Waals surface area contributed by atoms with E-state index in [4.69, 9.17) is 20.9 Å². The molecule has 5 nitrogen and oxygen atoms in total. The van der Waals surface area contributed by atoms with Gasteiger partial charge in [-0.3, -0.25) is 0 Å². The van der Waals surface area contributed by atoms with Crippen LogP contribution < -0.4 is 20.9 Å². The Morgan fingerprint density at radius 2 is 1.74 bits per heavy atom. The molecular weight excluding hydrogens is 266 g/mol. The van der Waals surface area contributed by atoms with Crippen molar-refractivity contribution in [3.8, 4) is 22.6 Å². The summed E-state index contributed by atoms with van der Waals surface area (Å²) in [5, 5.41) is 0. The molecule has 4 N–H and O–H groups in total. The summed E-state index contributed by atoms with van der Waals surface area (Å²) >= 11 is 0. The first-order chi connectivity index (χ1) is 8.75. The molecule has 1 aromatic heterocycles. The van der Waals surface area contributed by atoms with Gasteiger partial charge in [0.05, 0.1) is 0 Å². The topological polar surface area (TPSA) is 83.4 Å². The lowest BCUT2D eigenvalue weighted by molar-refractivity contribution is 0.172. The Labute approximate surface area is 116 Å². The summed E-state index contributed by atoms with van der Waals surface area (Å²) < 4.78 is 11.2. The fraction of sp³-hybridized carbons (Fsp3) is 0.154. The van der Waals surface area contributed by atoms with Crippen LogP contribution in [-0.2, 0) is 0 Å². The van der Waals surface area contributed by atoms with Crippen molar-refractivity contribution in [2.24, 2.45) is 0 Å². The molecular formula is C13H14ClN3O2. The maximum atomic E-state index is 5.90. The van der Waals surface area contributed by atoms with Gasteiger partial charge < -0.3 is 20.9 Å². The number of aromatic nitrogens is 1. The van der Waals surface area contributed by atoms with Crippen LogP contribution in [0.3, 0.4) is 0 Å². The van der Waals surface area contributed by atoms with Gasteiger partial charge in [-0.2, -0.15) is 0 Å². The molecule has 1 aliphatic heterocycles. The third kappa shape index (κ3) is 2.37. The first-order valence-electron chi connectivity index (χ1n) is 5.66. The molecule has 0 aliphatic carbocycles. The smallest absolute Gasteiger partial charge is 0.169 e. The highest BCUT2D eigenvalue weighted by molar-refractivity contribution is 5.85. The molecule has 3 rings (SSSR count). The lowest BCUT2D eigenvalue weighted by Crippen LogP contribution is -2.16. The summed E-state index contributed by atoms with van der Waals surface area (Å²) in [5.74, 6) is 2.23. The highest BCUT2D eigenvalue weighted by atomic mass is 35.5. The largest absolute Gasteiger partial charge is 0.486 e. The van der Waals surface area contributed by atoms with Gasteiger partial charge in [0.2, 0.25) is 0 Å². The second kappa shape index (κ2) is 5.24. The van der Waals surface area contributed by atoms with Gasteiger partial charge in [-0.05, 0) is 18.2 Å². The Hall–Kier alpha value is -2.14. The number of benzene rings is 1. The molecule has 0 unspecified atom stereocenters. The van der Waals surface area contributed by atoms with Crippen LogP contribution in [0.1, 0.15) is 0 Å². The molecule has 1 aromatic carbocycles. The van der Waals surface area contributed by atoms with Gasteiger partial charge in [-0.1, -0.05) is 12.1 Å². The molecule has 2 aromatic rings. The van der Waals surface area contributed by atoms with Crippen molar-refractivity contribution in [2.45, 2.75) is 0 Å². The Morgan fingerprint density at radius 1 is 0.947 bits per heavy atom. The number of halogens is 1. The standard InChI is InChI=1S/C13H13N3O2.ClH/c14-11-5-4-9(13(15)16-11)8-2-1-3-10-12(8)18-7-6-17-10;/h1-5H,6-7H2,(H4,14,15,16);1H. The quantitative estimate of drug-likeness (QED) is 0.835. The average Bonchev–Trinajstić information content (AvgIpc) is 2.38. The lowest BCUT2D eigenvalue weighted by Gasteiger charge is -2.21. The van der Waals surface area contributed by atoms with Crippen molar-refractivity contribution < 1.29 is 9.47 Å². The van der Waals surface area contributed by atoms with Gasteiger partial charge in [0.1, 0.15) is 24.8 Å². The van der Waals surface area contributed by atoms with Crippen LogP contribution in [0.15, 0.2) is 30.3 Å². The summed E-state index contributed by atoms with van der Waals surface area (Å²) in [6, 6.07) is 9.26. The third-order valence-corrected chi connectivity index (χ3v) is 2.80. The number of hydrogen-bond donors (Lipinski definition) is 2.